The Morgan fingerprint density at radius 2 is 1.57 bits per heavy atom. The van der Waals surface area contributed by atoms with E-state index in [0.717, 1.165) is 21.8 Å². The molecule has 1 N–H and O–H groups in total. The molecule has 10 heteroatoms. The largest absolute Gasteiger partial charge is 0.459 e. The molecular formula is C25H23N3O6S. The topological polar surface area (TPSA) is 113 Å². The number of nitrogens with one attached hydrogen (secondary N) is 1. The molecule has 0 spiro atoms. The Hall–Kier alpha value is -3.92. The molecule has 2 aliphatic rings. The van der Waals surface area contributed by atoms with Crippen LogP contribution in [-0.4, -0.2) is 56.3 Å². The van der Waals surface area contributed by atoms with Crippen LogP contribution in [0.3, 0.4) is 0 Å². The van der Waals surface area contributed by atoms with Crippen LogP contribution < -0.4 is 5.32 Å². The van der Waals surface area contributed by atoms with Crippen molar-refractivity contribution in [1.29, 1.82) is 0 Å². The van der Waals surface area contributed by atoms with Gasteiger partial charge in [-0.25, -0.2) is 9.10 Å². The van der Waals surface area contributed by atoms with Crippen LogP contribution in [-0.2, 0) is 25.7 Å². The Morgan fingerprint density at radius 1 is 1.00 bits per heavy atom. The Morgan fingerprint density at radius 3 is 2.11 bits per heavy atom. The van der Waals surface area contributed by atoms with Gasteiger partial charge in [0.25, 0.3) is 11.8 Å². The molecule has 1 saturated heterocycles. The summed E-state index contributed by atoms with van der Waals surface area (Å²) in [7, 11) is 0. The zero-order valence-electron chi connectivity index (χ0n) is 19.1. The fourth-order valence-electron chi connectivity index (χ4n) is 3.95. The first-order chi connectivity index (χ1) is 16.7. The van der Waals surface area contributed by atoms with Crippen molar-refractivity contribution in [3.8, 4) is 0 Å². The highest BCUT2D eigenvalue weighted by Gasteiger charge is 2.56. The number of β-lactam (4-membered cyclic amide) rings is 1. The first-order valence-electron chi connectivity index (χ1n) is 10.8. The molecule has 0 aromatic heterocycles. The van der Waals surface area contributed by atoms with Crippen molar-refractivity contribution in [1.82, 2.24) is 14.5 Å². The lowest BCUT2D eigenvalue weighted by atomic mass is 9.99. The Kier molecular flexibility index (Phi) is 6.74. The molecule has 4 amide bonds. The highest BCUT2D eigenvalue weighted by atomic mass is 32.2. The van der Waals surface area contributed by atoms with Gasteiger partial charge in [-0.1, -0.05) is 49.0 Å². The van der Waals surface area contributed by atoms with E-state index in [0.29, 0.717) is 5.57 Å². The smallest absolute Gasteiger partial charge is 0.333 e. The highest BCUT2D eigenvalue weighted by molar-refractivity contribution is 7.98. The summed E-state index contributed by atoms with van der Waals surface area (Å²) in [5.41, 5.74) is 1.60. The van der Waals surface area contributed by atoms with Crippen molar-refractivity contribution in [3.05, 3.63) is 83.4 Å². The molecule has 0 radical (unpaired) electrons. The van der Waals surface area contributed by atoms with Crippen LogP contribution in [0.4, 0.5) is 0 Å². The van der Waals surface area contributed by atoms with Crippen molar-refractivity contribution >= 4 is 41.5 Å². The molecular weight excluding hydrogens is 470 g/mol. The number of hydrogen-bond donors (Lipinski definition) is 1. The van der Waals surface area contributed by atoms with Crippen LogP contribution in [0.25, 0.3) is 0 Å². The van der Waals surface area contributed by atoms with Crippen molar-refractivity contribution in [2.45, 2.75) is 37.9 Å². The van der Waals surface area contributed by atoms with Crippen LogP contribution in [0.2, 0.25) is 0 Å². The molecule has 3 atom stereocenters. The minimum absolute atomic E-state index is 0.00315. The minimum atomic E-state index is -1.16. The van der Waals surface area contributed by atoms with Gasteiger partial charge in [0, 0.05) is 6.92 Å². The normalized spacial score (nSPS) is 19.7. The van der Waals surface area contributed by atoms with E-state index in [2.05, 4.69) is 11.9 Å². The molecule has 0 aliphatic carbocycles. The maximum Gasteiger partial charge on any atom is 0.333 e. The average Bonchev–Trinajstić information content (AvgIpc) is 3.08. The third-order valence-corrected chi connectivity index (χ3v) is 6.86. The van der Waals surface area contributed by atoms with E-state index >= 15 is 0 Å². The second kappa shape index (κ2) is 9.75. The first-order valence-corrected chi connectivity index (χ1v) is 11.6. The molecule has 2 aromatic carbocycles. The number of hydrogen-bond acceptors (Lipinski definition) is 7. The summed E-state index contributed by atoms with van der Waals surface area (Å²) in [6.07, 6.45) is 0. The second-order valence-corrected chi connectivity index (χ2v) is 9.27. The van der Waals surface area contributed by atoms with E-state index in [1.54, 1.807) is 43.3 Å². The number of ether oxygens (including phenoxy) is 1. The van der Waals surface area contributed by atoms with E-state index in [4.69, 9.17) is 4.74 Å². The summed E-state index contributed by atoms with van der Waals surface area (Å²) in [6, 6.07) is 13.2. The van der Waals surface area contributed by atoms with E-state index in [-0.39, 0.29) is 17.7 Å². The third-order valence-electron chi connectivity index (χ3n) is 5.60. The van der Waals surface area contributed by atoms with Gasteiger partial charge in [-0.3, -0.25) is 19.2 Å². The van der Waals surface area contributed by atoms with E-state index < -0.39 is 47.1 Å². The lowest BCUT2D eigenvalue weighted by Gasteiger charge is -2.49. The molecule has 3 unspecified atom stereocenters. The predicted octanol–water partition coefficient (Wildman–Crippen LogP) is 2.29. The van der Waals surface area contributed by atoms with Crippen LogP contribution >= 0.6 is 11.9 Å². The lowest BCUT2D eigenvalue weighted by molar-refractivity contribution is -0.163. The standard InChI is InChI=1S/C25H23N3O6S/c1-14(2)20(25(33)34-13-16-9-5-4-6-10-16)27-23(32)19(26-15(3)29)24(27)35-28-21(30)17-11-7-8-12-18(17)22(28)31/h4-12,19-20,24H,1,13H2,2-3H3,(H,26,29). The predicted molar refractivity (Wildman–Crippen MR) is 128 cm³/mol. The number of carbonyl (C=O) groups is 5. The Labute approximate surface area is 206 Å². The van der Waals surface area contributed by atoms with Gasteiger partial charge >= 0.3 is 5.97 Å². The minimum Gasteiger partial charge on any atom is -0.459 e. The molecule has 9 nitrogen and oxygen atoms in total. The van der Waals surface area contributed by atoms with Gasteiger partial charge in [0.15, 0.2) is 6.04 Å². The van der Waals surface area contributed by atoms with Gasteiger partial charge in [0.05, 0.1) is 11.1 Å². The molecule has 2 aliphatic heterocycles. The number of amides is 4. The molecule has 2 aromatic rings. The van der Waals surface area contributed by atoms with Crippen LogP contribution in [0.1, 0.15) is 40.1 Å². The maximum atomic E-state index is 13.0. The van der Waals surface area contributed by atoms with Crippen LogP contribution in [0.15, 0.2) is 66.7 Å². The fourth-order valence-corrected chi connectivity index (χ4v) is 5.19. The van der Waals surface area contributed by atoms with E-state index in [1.165, 1.54) is 11.8 Å². The van der Waals surface area contributed by atoms with Gasteiger partial charge in [-0.2, -0.15) is 0 Å². The fraction of sp³-hybridized carbons (Fsp3) is 0.240. The monoisotopic (exact) mass is 493 g/mol. The quantitative estimate of drug-likeness (QED) is 0.197. The zero-order valence-corrected chi connectivity index (χ0v) is 19.9. The van der Waals surface area contributed by atoms with Gasteiger partial charge in [-0.15, -0.1) is 0 Å². The van der Waals surface area contributed by atoms with Gasteiger partial charge in [0.1, 0.15) is 18.0 Å². The second-order valence-electron chi connectivity index (χ2n) is 8.21. The van der Waals surface area contributed by atoms with Gasteiger partial charge in [0.2, 0.25) is 11.8 Å². The number of esters is 1. The van der Waals surface area contributed by atoms with Crippen molar-refractivity contribution < 1.29 is 28.7 Å². The van der Waals surface area contributed by atoms with Gasteiger partial charge in [-0.05, 0) is 42.1 Å². The molecule has 0 bridgehead atoms. The summed E-state index contributed by atoms with van der Waals surface area (Å²) in [5, 5.41) is 1.63. The molecule has 180 valence electrons. The average molecular weight is 494 g/mol. The molecule has 0 saturated carbocycles. The Balaban J connectivity index is 1.58. The van der Waals surface area contributed by atoms with Gasteiger partial charge < -0.3 is 15.0 Å². The van der Waals surface area contributed by atoms with Crippen molar-refractivity contribution in [2.24, 2.45) is 0 Å². The summed E-state index contributed by atoms with van der Waals surface area (Å²) < 4.78 is 6.40. The Bertz CT molecular complexity index is 1200. The number of fused-ring (bicyclic) bond motifs is 1. The summed E-state index contributed by atoms with van der Waals surface area (Å²) >= 11 is 0.782. The number of rotatable bonds is 8. The number of benzene rings is 2. The number of nitrogens with zero attached hydrogens (tertiary/aromatic N) is 2. The van der Waals surface area contributed by atoms with E-state index in [1.807, 2.05) is 18.2 Å². The first kappa shape index (κ1) is 24.2. The molecule has 35 heavy (non-hydrogen) atoms. The summed E-state index contributed by atoms with van der Waals surface area (Å²) in [6.45, 7) is 6.68. The summed E-state index contributed by atoms with van der Waals surface area (Å²) in [4.78, 5) is 64.8. The number of imide groups is 1. The SMILES string of the molecule is C=C(C)C(C(=O)OCc1ccccc1)N1C(=O)C(NC(C)=O)C1SN1C(=O)c2ccccc2C1=O. The third kappa shape index (κ3) is 4.57. The van der Waals surface area contributed by atoms with Crippen LogP contribution in [0, 0.1) is 0 Å². The van der Waals surface area contributed by atoms with Crippen LogP contribution in [0.5, 0.6) is 0 Å². The number of carbonyl (C=O) groups excluding carboxylic acids is 5. The number of likely N-dealkylation sites (tertiary alicyclic amines) is 1. The maximum absolute atomic E-state index is 13.0. The van der Waals surface area contributed by atoms with E-state index in [9.17, 15) is 24.0 Å². The van der Waals surface area contributed by atoms with Crippen molar-refractivity contribution in [2.75, 3.05) is 0 Å². The summed E-state index contributed by atoms with van der Waals surface area (Å²) in [5.74, 6) is -2.78. The van der Waals surface area contributed by atoms with Crippen molar-refractivity contribution in [3.63, 3.8) is 0 Å². The lowest BCUT2D eigenvalue weighted by Crippen LogP contribution is -2.73. The molecule has 1 fully saturated rings. The molecule has 2 heterocycles. The highest BCUT2D eigenvalue weighted by Crippen LogP contribution is 2.39. The zero-order chi connectivity index (χ0) is 25.3. The molecule has 4 rings (SSSR count).